The molecule has 1 rings (SSSR count). The normalized spacial score (nSPS) is 31.9. The van der Waals surface area contributed by atoms with Crippen LogP contribution in [0.5, 0.6) is 0 Å². The highest BCUT2D eigenvalue weighted by atomic mass is 16.5. The van der Waals surface area contributed by atoms with Gasteiger partial charge in [0.25, 0.3) is 0 Å². The van der Waals surface area contributed by atoms with Crippen molar-refractivity contribution in [1.29, 1.82) is 0 Å². The quantitative estimate of drug-likeness (QED) is 0.608. The van der Waals surface area contributed by atoms with Crippen LogP contribution in [0, 0.1) is 0 Å². The van der Waals surface area contributed by atoms with Gasteiger partial charge in [0.15, 0.2) is 0 Å². The molecule has 0 aromatic heterocycles. The van der Waals surface area contributed by atoms with Crippen molar-refractivity contribution in [2.75, 3.05) is 6.61 Å². The van der Waals surface area contributed by atoms with E-state index in [1.54, 1.807) is 0 Å². The lowest BCUT2D eigenvalue weighted by molar-refractivity contribution is -0.0195. The number of hydrogen-bond acceptors (Lipinski definition) is 3. The van der Waals surface area contributed by atoms with Gasteiger partial charge in [0.05, 0.1) is 24.9 Å². The molecule has 0 bridgehead atoms. The molecule has 0 aromatic carbocycles. The summed E-state index contributed by atoms with van der Waals surface area (Å²) in [4.78, 5) is 0. The predicted octanol–water partition coefficient (Wildman–Crippen LogP) is 0.463. The van der Waals surface area contributed by atoms with Gasteiger partial charge in [-0.2, -0.15) is 0 Å². The first-order valence-corrected chi connectivity index (χ1v) is 4.33. The fraction of sp³-hybridized carbons (Fsp3) is 0.778. The summed E-state index contributed by atoms with van der Waals surface area (Å²) in [7, 11) is 0. The molecule has 12 heavy (non-hydrogen) atoms. The van der Waals surface area contributed by atoms with Crippen LogP contribution in [-0.2, 0) is 4.74 Å². The first kappa shape index (κ1) is 9.71. The summed E-state index contributed by atoms with van der Waals surface area (Å²) in [5.41, 5.74) is 0. The summed E-state index contributed by atoms with van der Waals surface area (Å²) in [6, 6.07) is 0. The molecule has 1 aliphatic heterocycles. The van der Waals surface area contributed by atoms with Gasteiger partial charge in [-0.15, -0.1) is 0 Å². The Morgan fingerprint density at radius 2 is 2.42 bits per heavy atom. The molecule has 70 valence electrons. The second-order valence-electron chi connectivity index (χ2n) is 3.22. The van der Waals surface area contributed by atoms with Crippen molar-refractivity contribution < 1.29 is 14.9 Å². The third-order valence-corrected chi connectivity index (χ3v) is 1.94. The highest BCUT2D eigenvalue weighted by Gasteiger charge is 2.17. The molecule has 0 spiro atoms. The van der Waals surface area contributed by atoms with E-state index in [1.165, 1.54) is 0 Å². The van der Waals surface area contributed by atoms with E-state index >= 15 is 0 Å². The Bertz CT molecular complexity index is 156. The number of aliphatic hydroxyl groups excluding tert-OH is 2. The van der Waals surface area contributed by atoms with Crippen molar-refractivity contribution in [2.24, 2.45) is 0 Å². The van der Waals surface area contributed by atoms with E-state index in [0.717, 1.165) is 6.42 Å². The predicted molar refractivity (Wildman–Crippen MR) is 45.8 cm³/mol. The molecular formula is C9H16O3. The fourth-order valence-electron chi connectivity index (χ4n) is 1.30. The summed E-state index contributed by atoms with van der Waals surface area (Å²) < 4.78 is 5.50. The Balaban J connectivity index is 2.32. The Labute approximate surface area is 72.7 Å². The topological polar surface area (TPSA) is 49.7 Å². The zero-order chi connectivity index (χ0) is 8.97. The van der Waals surface area contributed by atoms with Crippen molar-refractivity contribution in [3.05, 3.63) is 12.2 Å². The summed E-state index contributed by atoms with van der Waals surface area (Å²) in [6.45, 7) is 1.81. The first-order valence-electron chi connectivity index (χ1n) is 4.33. The zero-order valence-electron chi connectivity index (χ0n) is 7.31. The average Bonchev–Trinajstić information content (AvgIpc) is 2.04. The molecule has 3 atom stereocenters. The van der Waals surface area contributed by atoms with Crippen molar-refractivity contribution in [3.8, 4) is 0 Å². The van der Waals surface area contributed by atoms with Crippen LogP contribution in [0.25, 0.3) is 0 Å². The van der Waals surface area contributed by atoms with E-state index in [-0.39, 0.29) is 18.8 Å². The minimum Gasteiger partial charge on any atom is -0.394 e. The van der Waals surface area contributed by atoms with Gasteiger partial charge in [0.2, 0.25) is 0 Å². The van der Waals surface area contributed by atoms with Gasteiger partial charge in [-0.3, -0.25) is 0 Å². The number of rotatable bonds is 3. The highest BCUT2D eigenvalue weighted by Crippen LogP contribution is 2.15. The second kappa shape index (κ2) is 4.60. The van der Waals surface area contributed by atoms with Gasteiger partial charge in [0.1, 0.15) is 0 Å². The van der Waals surface area contributed by atoms with E-state index in [4.69, 9.17) is 14.9 Å². The molecule has 1 aliphatic rings. The van der Waals surface area contributed by atoms with Crippen LogP contribution >= 0.6 is 0 Å². The van der Waals surface area contributed by atoms with Crippen molar-refractivity contribution >= 4 is 0 Å². The SMILES string of the molecule is CC1CC=C[C@@H](CC(O)CO)O1. The van der Waals surface area contributed by atoms with E-state index in [1.807, 2.05) is 13.0 Å². The van der Waals surface area contributed by atoms with Gasteiger partial charge in [0, 0.05) is 6.42 Å². The van der Waals surface area contributed by atoms with Gasteiger partial charge in [-0.1, -0.05) is 12.2 Å². The van der Waals surface area contributed by atoms with E-state index < -0.39 is 6.10 Å². The van der Waals surface area contributed by atoms with Crippen LogP contribution in [0.15, 0.2) is 12.2 Å². The maximum atomic E-state index is 9.13. The second-order valence-corrected chi connectivity index (χ2v) is 3.22. The van der Waals surface area contributed by atoms with Gasteiger partial charge < -0.3 is 14.9 Å². The number of aliphatic hydroxyl groups is 2. The minimum absolute atomic E-state index is 0.0316. The van der Waals surface area contributed by atoms with Gasteiger partial charge in [-0.05, 0) is 13.3 Å². The molecule has 0 radical (unpaired) electrons. The Morgan fingerprint density at radius 3 is 3.00 bits per heavy atom. The summed E-state index contributed by atoms with van der Waals surface area (Å²) >= 11 is 0. The smallest absolute Gasteiger partial charge is 0.0798 e. The number of hydrogen-bond donors (Lipinski definition) is 2. The Morgan fingerprint density at radius 1 is 1.67 bits per heavy atom. The standard InChI is InChI=1S/C9H16O3/c1-7-3-2-4-9(12-7)5-8(11)6-10/h2,4,7-11H,3,5-6H2,1H3/t7?,8?,9-/m0/s1. The fourth-order valence-corrected chi connectivity index (χ4v) is 1.30. The lowest BCUT2D eigenvalue weighted by Crippen LogP contribution is -2.27. The molecular weight excluding hydrogens is 156 g/mol. The van der Waals surface area contributed by atoms with E-state index in [9.17, 15) is 0 Å². The van der Waals surface area contributed by atoms with Crippen molar-refractivity contribution in [1.82, 2.24) is 0 Å². The molecule has 0 saturated carbocycles. The molecule has 1 heterocycles. The van der Waals surface area contributed by atoms with Crippen LogP contribution in [0.4, 0.5) is 0 Å². The summed E-state index contributed by atoms with van der Waals surface area (Å²) in [6.07, 6.45) is 4.96. The van der Waals surface area contributed by atoms with Gasteiger partial charge >= 0.3 is 0 Å². The molecule has 2 N–H and O–H groups in total. The lowest BCUT2D eigenvalue weighted by atomic mass is 10.1. The minimum atomic E-state index is -0.662. The Kier molecular flexibility index (Phi) is 3.72. The molecule has 0 amide bonds. The molecule has 0 fully saturated rings. The molecule has 3 heteroatoms. The van der Waals surface area contributed by atoms with E-state index in [0.29, 0.717) is 6.42 Å². The zero-order valence-corrected chi connectivity index (χ0v) is 7.31. The lowest BCUT2D eigenvalue weighted by Gasteiger charge is -2.24. The largest absolute Gasteiger partial charge is 0.394 e. The monoisotopic (exact) mass is 172 g/mol. The van der Waals surface area contributed by atoms with Crippen LogP contribution < -0.4 is 0 Å². The summed E-state index contributed by atoms with van der Waals surface area (Å²) in [5, 5.41) is 17.7. The summed E-state index contributed by atoms with van der Waals surface area (Å²) in [5.74, 6) is 0. The Hall–Kier alpha value is -0.380. The van der Waals surface area contributed by atoms with Crippen molar-refractivity contribution in [3.63, 3.8) is 0 Å². The third kappa shape index (κ3) is 2.93. The van der Waals surface area contributed by atoms with Crippen LogP contribution in [0.1, 0.15) is 19.8 Å². The average molecular weight is 172 g/mol. The molecule has 0 aliphatic carbocycles. The molecule has 0 saturated heterocycles. The van der Waals surface area contributed by atoms with Crippen molar-refractivity contribution in [2.45, 2.75) is 38.1 Å². The third-order valence-electron chi connectivity index (χ3n) is 1.94. The molecule has 2 unspecified atom stereocenters. The number of ether oxygens (including phenoxy) is 1. The van der Waals surface area contributed by atoms with Crippen LogP contribution in [-0.4, -0.2) is 35.1 Å². The van der Waals surface area contributed by atoms with E-state index in [2.05, 4.69) is 6.08 Å². The van der Waals surface area contributed by atoms with Crippen LogP contribution in [0.3, 0.4) is 0 Å². The van der Waals surface area contributed by atoms with Gasteiger partial charge in [-0.25, -0.2) is 0 Å². The maximum absolute atomic E-state index is 9.13. The maximum Gasteiger partial charge on any atom is 0.0798 e. The van der Waals surface area contributed by atoms with Crippen LogP contribution in [0.2, 0.25) is 0 Å². The molecule has 0 aromatic rings. The first-order chi connectivity index (χ1) is 5.72. The highest BCUT2D eigenvalue weighted by molar-refractivity contribution is 4.96. The molecule has 3 nitrogen and oxygen atoms in total.